The topological polar surface area (TPSA) is 113 Å². The number of nitrogens with one attached hydrogen (secondary N) is 1. The van der Waals surface area contributed by atoms with Crippen molar-refractivity contribution in [1.82, 2.24) is 5.32 Å². The monoisotopic (exact) mass is 515 g/mol. The number of carbonyl (C=O) groups is 3. The molecular formula is C28H34ClNO6. The molecule has 0 aliphatic heterocycles. The SMILES string of the molecule is Cc1cccc(Cl)c1COc1ccc(C[C@@H](CC(=O)O)NC(=O)[C@H]2CC[C@@](C)(C(=O)O)C2(C)C)cc1. The molecule has 0 radical (unpaired) electrons. The Bertz CT molecular complexity index is 1110. The van der Waals surface area contributed by atoms with Gasteiger partial charge in [-0.15, -0.1) is 0 Å². The highest BCUT2D eigenvalue weighted by atomic mass is 35.5. The first-order chi connectivity index (χ1) is 16.8. The fraction of sp³-hybridized carbons (Fsp3) is 0.464. The first kappa shape index (κ1) is 27.5. The highest BCUT2D eigenvalue weighted by molar-refractivity contribution is 6.31. The van der Waals surface area contributed by atoms with Crippen LogP contribution in [0, 0.1) is 23.7 Å². The van der Waals surface area contributed by atoms with Gasteiger partial charge in [0, 0.05) is 22.5 Å². The Morgan fingerprint density at radius 2 is 1.78 bits per heavy atom. The van der Waals surface area contributed by atoms with Gasteiger partial charge in [0.1, 0.15) is 12.4 Å². The molecule has 36 heavy (non-hydrogen) atoms. The smallest absolute Gasteiger partial charge is 0.309 e. The number of hydrogen-bond donors (Lipinski definition) is 3. The summed E-state index contributed by atoms with van der Waals surface area (Å²) in [5.74, 6) is -2.10. The fourth-order valence-electron chi connectivity index (χ4n) is 5.04. The van der Waals surface area contributed by atoms with E-state index in [2.05, 4.69) is 5.32 Å². The molecule has 0 aromatic heterocycles. The molecule has 0 spiro atoms. The number of aliphatic carboxylic acids is 2. The van der Waals surface area contributed by atoms with Gasteiger partial charge in [-0.1, -0.05) is 49.7 Å². The molecule has 1 aliphatic carbocycles. The van der Waals surface area contributed by atoms with E-state index in [9.17, 15) is 24.6 Å². The van der Waals surface area contributed by atoms with Crippen molar-refractivity contribution in [3.63, 3.8) is 0 Å². The Hall–Kier alpha value is -3.06. The number of ether oxygens (including phenoxy) is 1. The molecule has 2 aromatic rings. The van der Waals surface area contributed by atoms with Crippen molar-refractivity contribution in [2.75, 3.05) is 0 Å². The summed E-state index contributed by atoms with van der Waals surface area (Å²) in [5.41, 5.74) is 1.02. The Kier molecular flexibility index (Phi) is 8.34. The standard InChI is InChI=1S/C28H34ClNO6/c1-17-6-5-7-23(29)21(17)16-36-20-10-8-18(9-11-20)14-19(15-24(31)32)30-25(33)22-12-13-28(4,26(34)35)27(22,2)3/h5-11,19,22H,12-16H2,1-4H3,(H,30,33)(H,31,32)(H,34,35)/t19-,22+,28-/m0/s1. The molecule has 0 bridgehead atoms. The molecule has 1 saturated carbocycles. The number of halogens is 1. The van der Waals surface area contributed by atoms with Crippen molar-refractivity contribution in [2.45, 2.75) is 66.0 Å². The average Bonchev–Trinajstić information content (AvgIpc) is 3.04. The van der Waals surface area contributed by atoms with Crippen LogP contribution in [0.15, 0.2) is 42.5 Å². The van der Waals surface area contributed by atoms with Gasteiger partial charge in [-0.25, -0.2) is 0 Å². The molecule has 3 N–H and O–H groups in total. The Balaban J connectivity index is 1.66. The number of aryl methyl sites for hydroxylation is 1. The zero-order valence-corrected chi connectivity index (χ0v) is 21.9. The molecule has 3 atom stereocenters. The lowest BCUT2D eigenvalue weighted by Gasteiger charge is -2.38. The maximum atomic E-state index is 13.2. The van der Waals surface area contributed by atoms with Gasteiger partial charge in [0.2, 0.25) is 5.91 Å². The number of carbonyl (C=O) groups excluding carboxylic acids is 1. The lowest BCUT2D eigenvalue weighted by Crippen LogP contribution is -2.48. The van der Waals surface area contributed by atoms with E-state index in [0.29, 0.717) is 36.6 Å². The van der Waals surface area contributed by atoms with Crippen LogP contribution in [0.4, 0.5) is 0 Å². The van der Waals surface area contributed by atoms with Crippen molar-refractivity contribution in [2.24, 2.45) is 16.7 Å². The first-order valence-corrected chi connectivity index (χ1v) is 12.4. The molecule has 1 fully saturated rings. The van der Waals surface area contributed by atoms with Crippen LogP contribution in [-0.4, -0.2) is 34.1 Å². The van der Waals surface area contributed by atoms with E-state index in [-0.39, 0.29) is 12.3 Å². The zero-order chi connectivity index (χ0) is 26.7. The van der Waals surface area contributed by atoms with Gasteiger partial charge >= 0.3 is 11.9 Å². The van der Waals surface area contributed by atoms with E-state index < -0.39 is 34.7 Å². The molecule has 0 unspecified atom stereocenters. The summed E-state index contributed by atoms with van der Waals surface area (Å²) in [7, 11) is 0. The summed E-state index contributed by atoms with van der Waals surface area (Å²) in [6.45, 7) is 7.57. The van der Waals surface area contributed by atoms with Crippen LogP contribution in [-0.2, 0) is 27.4 Å². The summed E-state index contributed by atoms with van der Waals surface area (Å²) in [4.78, 5) is 36.5. The first-order valence-electron chi connectivity index (χ1n) is 12.1. The molecule has 194 valence electrons. The van der Waals surface area contributed by atoms with E-state index in [0.717, 1.165) is 16.7 Å². The van der Waals surface area contributed by atoms with Crippen LogP contribution in [0.3, 0.4) is 0 Å². The molecule has 0 saturated heterocycles. The van der Waals surface area contributed by atoms with E-state index in [4.69, 9.17) is 16.3 Å². The summed E-state index contributed by atoms with van der Waals surface area (Å²) in [6.07, 6.45) is 0.926. The zero-order valence-electron chi connectivity index (χ0n) is 21.1. The predicted octanol–water partition coefficient (Wildman–Crippen LogP) is 5.26. The minimum Gasteiger partial charge on any atom is -0.489 e. The van der Waals surface area contributed by atoms with E-state index in [1.807, 2.05) is 37.3 Å². The Morgan fingerprint density at radius 3 is 2.33 bits per heavy atom. The Morgan fingerprint density at radius 1 is 1.11 bits per heavy atom. The summed E-state index contributed by atoms with van der Waals surface area (Å²) >= 11 is 6.27. The largest absolute Gasteiger partial charge is 0.489 e. The highest BCUT2D eigenvalue weighted by Gasteiger charge is 2.58. The molecule has 3 rings (SSSR count). The van der Waals surface area contributed by atoms with Gasteiger partial charge in [-0.3, -0.25) is 14.4 Å². The average molecular weight is 516 g/mol. The third-order valence-corrected chi connectivity index (χ3v) is 8.28. The van der Waals surface area contributed by atoms with E-state index >= 15 is 0 Å². The molecule has 1 aliphatic rings. The third kappa shape index (κ3) is 5.84. The highest BCUT2D eigenvalue weighted by Crippen LogP contribution is 2.56. The number of carboxylic acid groups (broad SMARTS) is 2. The van der Waals surface area contributed by atoms with Gasteiger partial charge < -0.3 is 20.3 Å². The van der Waals surface area contributed by atoms with Gasteiger partial charge in [0.25, 0.3) is 0 Å². The molecule has 0 heterocycles. The number of hydrogen-bond acceptors (Lipinski definition) is 4. The van der Waals surface area contributed by atoms with Crippen LogP contribution < -0.4 is 10.1 Å². The van der Waals surface area contributed by atoms with E-state index in [1.165, 1.54) is 0 Å². The minimum atomic E-state index is -1.02. The molecule has 8 heteroatoms. The summed E-state index contributed by atoms with van der Waals surface area (Å²) in [5, 5.41) is 22.7. The van der Waals surface area contributed by atoms with Crippen LogP contribution in [0.1, 0.15) is 56.7 Å². The number of benzene rings is 2. The number of carboxylic acids is 2. The molecule has 1 amide bonds. The second-order valence-corrected chi connectivity index (χ2v) is 10.8. The normalized spacial score (nSPS) is 21.5. The van der Waals surface area contributed by atoms with Crippen molar-refractivity contribution < 1.29 is 29.3 Å². The summed E-state index contributed by atoms with van der Waals surface area (Å²) in [6, 6.07) is 12.4. The van der Waals surface area contributed by atoms with Crippen molar-refractivity contribution in [3.05, 3.63) is 64.2 Å². The van der Waals surface area contributed by atoms with Gasteiger partial charge in [0.15, 0.2) is 0 Å². The van der Waals surface area contributed by atoms with Gasteiger partial charge in [-0.05, 0) is 67.9 Å². The quantitative estimate of drug-likeness (QED) is 0.398. The minimum absolute atomic E-state index is 0.237. The van der Waals surface area contributed by atoms with Crippen LogP contribution >= 0.6 is 11.6 Å². The number of amides is 1. The van der Waals surface area contributed by atoms with E-state index in [1.54, 1.807) is 32.9 Å². The molecule has 7 nitrogen and oxygen atoms in total. The van der Waals surface area contributed by atoms with Gasteiger partial charge in [-0.2, -0.15) is 0 Å². The van der Waals surface area contributed by atoms with Crippen LogP contribution in [0.2, 0.25) is 5.02 Å². The number of rotatable bonds is 10. The van der Waals surface area contributed by atoms with Crippen molar-refractivity contribution >= 4 is 29.4 Å². The maximum Gasteiger partial charge on any atom is 0.309 e. The second kappa shape index (κ2) is 10.9. The lowest BCUT2D eigenvalue weighted by atomic mass is 9.65. The van der Waals surface area contributed by atoms with Crippen LogP contribution in [0.25, 0.3) is 0 Å². The third-order valence-electron chi connectivity index (χ3n) is 7.92. The van der Waals surface area contributed by atoms with Crippen LogP contribution in [0.5, 0.6) is 5.75 Å². The second-order valence-electron chi connectivity index (χ2n) is 10.4. The van der Waals surface area contributed by atoms with Gasteiger partial charge in [0.05, 0.1) is 11.8 Å². The summed E-state index contributed by atoms with van der Waals surface area (Å²) < 4.78 is 5.88. The van der Waals surface area contributed by atoms with Crippen molar-refractivity contribution in [1.29, 1.82) is 0 Å². The maximum absolute atomic E-state index is 13.2. The molecular weight excluding hydrogens is 482 g/mol. The predicted molar refractivity (Wildman–Crippen MR) is 137 cm³/mol. The fourth-order valence-corrected chi connectivity index (χ4v) is 5.32. The molecule has 2 aromatic carbocycles. The Labute approximate surface area is 216 Å². The lowest BCUT2D eigenvalue weighted by molar-refractivity contribution is -0.155. The van der Waals surface area contributed by atoms with Crippen molar-refractivity contribution in [3.8, 4) is 5.75 Å².